The van der Waals surface area contributed by atoms with E-state index in [1.165, 1.54) is 31.5 Å². The Hall–Kier alpha value is -4.05. The predicted molar refractivity (Wildman–Crippen MR) is 138 cm³/mol. The third kappa shape index (κ3) is 4.47. The number of aromatic amines is 1. The third-order valence-corrected chi connectivity index (χ3v) is 6.40. The number of H-pyrrole nitrogens is 1. The largest absolute Gasteiger partial charge is 0.399 e. The molecule has 2 aromatic carbocycles. The van der Waals surface area contributed by atoms with Gasteiger partial charge < -0.3 is 26.2 Å². The predicted octanol–water partition coefficient (Wildman–Crippen LogP) is 4.37. The molecule has 3 heterocycles. The molecule has 0 spiro atoms. The molecule has 0 radical (unpaired) electrons. The van der Waals surface area contributed by atoms with E-state index in [9.17, 15) is 8.78 Å². The molecule has 1 aliphatic rings. The molecule has 1 fully saturated rings. The van der Waals surface area contributed by atoms with Gasteiger partial charge in [0, 0.05) is 36.5 Å². The summed E-state index contributed by atoms with van der Waals surface area (Å²) in [5.74, 6) is -0.250. The molecule has 4 aromatic rings. The summed E-state index contributed by atoms with van der Waals surface area (Å²) in [7, 11) is 1.41. The molecule has 186 valence electrons. The van der Waals surface area contributed by atoms with Crippen molar-refractivity contribution < 1.29 is 13.6 Å². The number of nitrogens with one attached hydrogen (secondary N) is 1. The number of aryl methyl sites for hydroxylation is 1. The molecule has 0 atom stereocenters. The van der Waals surface area contributed by atoms with E-state index in [-0.39, 0.29) is 23.2 Å². The van der Waals surface area contributed by atoms with Crippen LogP contribution >= 0.6 is 0 Å². The number of piperidine rings is 1. The highest BCUT2D eigenvalue weighted by atomic mass is 19.1. The van der Waals surface area contributed by atoms with Gasteiger partial charge in [0.25, 0.3) is 0 Å². The molecule has 0 aliphatic carbocycles. The van der Waals surface area contributed by atoms with Crippen LogP contribution in [-0.2, 0) is 4.84 Å². The van der Waals surface area contributed by atoms with Crippen LogP contribution in [0, 0.1) is 18.6 Å². The van der Waals surface area contributed by atoms with Gasteiger partial charge in [0.05, 0.1) is 23.0 Å². The van der Waals surface area contributed by atoms with Crippen LogP contribution in [0.25, 0.3) is 33.5 Å². The Morgan fingerprint density at radius 1 is 1.17 bits per heavy atom. The van der Waals surface area contributed by atoms with E-state index in [0.717, 1.165) is 24.1 Å². The SMILES string of the molecule is CON=Cc1cc(F)c2nc(-c3c(N)ncc(-c4cc(C)cc(F)c4)c3N3CCC(N)CC3)[nH]c2c1. The van der Waals surface area contributed by atoms with Crippen LogP contribution in [0.5, 0.6) is 0 Å². The second-order valence-corrected chi connectivity index (χ2v) is 9.02. The van der Waals surface area contributed by atoms with Crippen LogP contribution in [0.2, 0.25) is 0 Å². The summed E-state index contributed by atoms with van der Waals surface area (Å²) in [5.41, 5.74) is 17.2. The standard InChI is InChI=1S/C26H27F2N7O/c1-14-7-16(11-17(27)8-14)19-13-31-25(30)22(24(19)35-5-3-18(29)4-6-35)26-33-21-10-15(12-32-36-2)9-20(28)23(21)34-26/h7-13,18H,3-6,29H2,1-2H3,(H2,30,31)(H,33,34). The van der Waals surface area contributed by atoms with E-state index in [4.69, 9.17) is 16.3 Å². The highest BCUT2D eigenvalue weighted by Crippen LogP contribution is 2.43. The van der Waals surface area contributed by atoms with Crippen LogP contribution in [-0.4, -0.2) is 47.4 Å². The molecule has 1 aliphatic heterocycles. The van der Waals surface area contributed by atoms with E-state index in [1.54, 1.807) is 12.3 Å². The van der Waals surface area contributed by atoms with Crippen molar-refractivity contribution in [2.24, 2.45) is 10.9 Å². The zero-order chi connectivity index (χ0) is 25.4. The number of pyridine rings is 1. The van der Waals surface area contributed by atoms with Crippen molar-refractivity contribution in [3.8, 4) is 22.5 Å². The Kier molecular flexibility index (Phi) is 6.27. The Morgan fingerprint density at radius 3 is 2.67 bits per heavy atom. The molecule has 0 saturated carbocycles. The fourth-order valence-electron chi connectivity index (χ4n) is 4.71. The van der Waals surface area contributed by atoms with Gasteiger partial charge in [-0.15, -0.1) is 0 Å². The highest BCUT2D eigenvalue weighted by molar-refractivity contribution is 5.96. The first kappa shape index (κ1) is 23.7. The Balaban J connectivity index is 1.74. The van der Waals surface area contributed by atoms with Crippen molar-refractivity contribution >= 4 is 28.8 Å². The number of nitrogen functional groups attached to an aromatic ring is 1. The minimum atomic E-state index is -0.513. The Bertz CT molecular complexity index is 1440. The lowest BCUT2D eigenvalue weighted by molar-refractivity contribution is 0.215. The number of nitrogens with two attached hydrogens (primary N) is 2. The van der Waals surface area contributed by atoms with E-state index in [1.807, 2.05) is 13.0 Å². The molecule has 0 bridgehead atoms. The van der Waals surface area contributed by atoms with Crippen molar-refractivity contribution in [2.45, 2.75) is 25.8 Å². The maximum Gasteiger partial charge on any atom is 0.151 e. The van der Waals surface area contributed by atoms with Crippen LogP contribution in [0.15, 0.2) is 41.7 Å². The molecule has 36 heavy (non-hydrogen) atoms. The molecule has 10 heteroatoms. The van der Waals surface area contributed by atoms with Gasteiger partial charge in [-0.05, 0) is 55.2 Å². The van der Waals surface area contributed by atoms with E-state index in [0.29, 0.717) is 46.7 Å². The topological polar surface area (TPSA) is 118 Å². The number of nitrogens with zero attached hydrogens (tertiary/aromatic N) is 4. The van der Waals surface area contributed by atoms with Crippen molar-refractivity contribution in [3.63, 3.8) is 0 Å². The quantitative estimate of drug-likeness (QED) is 0.282. The first-order valence-electron chi connectivity index (χ1n) is 11.7. The van der Waals surface area contributed by atoms with Crippen LogP contribution < -0.4 is 16.4 Å². The average molecular weight is 492 g/mol. The number of hydrogen-bond donors (Lipinski definition) is 3. The molecule has 2 aromatic heterocycles. The zero-order valence-corrected chi connectivity index (χ0v) is 20.1. The number of rotatable bonds is 5. The molecular weight excluding hydrogens is 464 g/mol. The number of hydrogen-bond acceptors (Lipinski definition) is 7. The molecule has 5 rings (SSSR count). The minimum absolute atomic E-state index is 0.108. The van der Waals surface area contributed by atoms with Crippen molar-refractivity contribution in [1.82, 2.24) is 15.0 Å². The highest BCUT2D eigenvalue weighted by Gasteiger charge is 2.27. The summed E-state index contributed by atoms with van der Waals surface area (Å²) >= 11 is 0. The van der Waals surface area contributed by atoms with Gasteiger partial charge in [0.1, 0.15) is 30.1 Å². The van der Waals surface area contributed by atoms with Crippen molar-refractivity contribution in [2.75, 3.05) is 30.8 Å². The minimum Gasteiger partial charge on any atom is -0.399 e. The van der Waals surface area contributed by atoms with Crippen molar-refractivity contribution in [1.29, 1.82) is 0 Å². The third-order valence-electron chi connectivity index (χ3n) is 6.40. The maximum absolute atomic E-state index is 14.9. The van der Waals surface area contributed by atoms with Gasteiger partial charge in [-0.2, -0.15) is 0 Å². The van der Waals surface area contributed by atoms with Gasteiger partial charge in [-0.25, -0.2) is 18.7 Å². The smallest absolute Gasteiger partial charge is 0.151 e. The van der Waals surface area contributed by atoms with E-state index >= 15 is 0 Å². The zero-order valence-electron chi connectivity index (χ0n) is 20.1. The summed E-state index contributed by atoms with van der Waals surface area (Å²) in [5, 5.41) is 3.71. The molecule has 0 unspecified atom stereocenters. The van der Waals surface area contributed by atoms with Gasteiger partial charge in [0.2, 0.25) is 0 Å². The first-order valence-corrected chi connectivity index (χ1v) is 11.7. The Labute approximate surface area is 207 Å². The van der Waals surface area contributed by atoms with Crippen molar-refractivity contribution in [3.05, 3.63) is 59.3 Å². The summed E-state index contributed by atoms with van der Waals surface area (Å²) in [6.07, 6.45) is 4.65. The summed E-state index contributed by atoms with van der Waals surface area (Å²) in [4.78, 5) is 19.1. The van der Waals surface area contributed by atoms with Crippen LogP contribution in [0.3, 0.4) is 0 Å². The number of benzene rings is 2. The lowest BCUT2D eigenvalue weighted by Crippen LogP contribution is -2.40. The maximum atomic E-state index is 14.9. The second-order valence-electron chi connectivity index (χ2n) is 9.02. The normalized spacial score (nSPS) is 14.8. The fraction of sp³-hybridized carbons (Fsp3) is 0.269. The summed E-state index contributed by atoms with van der Waals surface area (Å²) < 4.78 is 29.3. The summed E-state index contributed by atoms with van der Waals surface area (Å²) in [6, 6.07) is 8.01. The molecule has 8 nitrogen and oxygen atoms in total. The van der Waals surface area contributed by atoms with E-state index < -0.39 is 5.82 Å². The molecule has 1 saturated heterocycles. The number of oxime groups is 1. The lowest BCUT2D eigenvalue weighted by Gasteiger charge is -2.34. The first-order chi connectivity index (χ1) is 17.3. The monoisotopic (exact) mass is 491 g/mol. The summed E-state index contributed by atoms with van der Waals surface area (Å²) in [6.45, 7) is 3.21. The number of halogens is 2. The van der Waals surface area contributed by atoms with Gasteiger partial charge in [-0.3, -0.25) is 0 Å². The lowest BCUT2D eigenvalue weighted by atomic mass is 9.97. The van der Waals surface area contributed by atoms with Crippen LogP contribution in [0.4, 0.5) is 20.3 Å². The van der Waals surface area contributed by atoms with Gasteiger partial charge >= 0.3 is 0 Å². The van der Waals surface area contributed by atoms with E-state index in [2.05, 4.69) is 25.0 Å². The number of anilines is 2. The van der Waals surface area contributed by atoms with Crippen LogP contribution in [0.1, 0.15) is 24.0 Å². The number of aromatic nitrogens is 3. The number of imidazole rings is 1. The Morgan fingerprint density at radius 2 is 1.94 bits per heavy atom. The molecule has 0 amide bonds. The van der Waals surface area contributed by atoms with Gasteiger partial charge in [-0.1, -0.05) is 11.2 Å². The number of fused-ring (bicyclic) bond motifs is 1. The second kappa shape index (κ2) is 9.54. The molecular formula is C26H27F2N7O. The average Bonchev–Trinajstić information content (AvgIpc) is 3.27. The fourth-order valence-corrected chi connectivity index (χ4v) is 4.71. The molecule has 5 N–H and O–H groups in total. The van der Waals surface area contributed by atoms with Gasteiger partial charge in [0.15, 0.2) is 5.82 Å².